The third-order valence-electron chi connectivity index (χ3n) is 1.86. The molecule has 0 aliphatic carbocycles. The largest absolute Gasteiger partial charge is 0.461 e. The maximum Gasteiger partial charge on any atom is 0.177 e. The molecule has 0 bridgehead atoms. The Morgan fingerprint density at radius 2 is 2.46 bits per heavy atom. The van der Waals surface area contributed by atoms with E-state index in [1.807, 2.05) is 23.6 Å². The van der Waals surface area contributed by atoms with Gasteiger partial charge in [0.1, 0.15) is 5.15 Å². The first-order valence-electron chi connectivity index (χ1n) is 4.08. The van der Waals surface area contributed by atoms with E-state index >= 15 is 0 Å². The number of aromatic nitrogens is 2. The molecule has 0 radical (unpaired) electrons. The zero-order chi connectivity index (χ0) is 9.26. The second-order valence-electron chi connectivity index (χ2n) is 2.63. The molecule has 2 aromatic heterocycles. The van der Waals surface area contributed by atoms with Gasteiger partial charge in [0.25, 0.3) is 0 Å². The summed E-state index contributed by atoms with van der Waals surface area (Å²) in [7, 11) is 0. The molecule has 4 heteroatoms. The van der Waals surface area contributed by atoms with E-state index in [1.54, 1.807) is 12.5 Å². The molecule has 68 valence electrons. The van der Waals surface area contributed by atoms with Crippen LogP contribution in [-0.4, -0.2) is 9.55 Å². The Balaban J connectivity index is 2.52. The Morgan fingerprint density at radius 3 is 3.08 bits per heavy atom. The van der Waals surface area contributed by atoms with Crippen molar-refractivity contribution in [2.75, 3.05) is 0 Å². The normalized spacial score (nSPS) is 10.6. The first-order chi connectivity index (χ1) is 6.33. The fourth-order valence-electron chi connectivity index (χ4n) is 1.26. The van der Waals surface area contributed by atoms with Crippen LogP contribution in [0.4, 0.5) is 0 Å². The molecule has 0 unspecified atom stereocenters. The number of nitrogens with zero attached hydrogens (tertiary/aromatic N) is 2. The molecular formula is C9H9ClN2O. The Hall–Kier alpha value is -1.22. The molecule has 0 amide bonds. The average molecular weight is 197 g/mol. The van der Waals surface area contributed by atoms with Crippen LogP contribution in [0.5, 0.6) is 0 Å². The monoisotopic (exact) mass is 196 g/mol. The molecule has 3 nitrogen and oxygen atoms in total. The Kier molecular flexibility index (Phi) is 2.10. The molecule has 0 spiro atoms. The molecule has 0 atom stereocenters. The Bertz CT molecular complexity index is 392. The highest BCUT2D eigenvalue weighted by molar-refractivity contribution is 6.29. The van der Waals surface area contributed by atoms with Crippen LogP contribution >= 0.6 is 11.6 Å². The summed E-state index contributed by atoms with van der Waals surface area (Å²) in [6, 6.07) is 3.70. The highest BCUT2D eigenvalue weighted by Gasteiger charge is 2.10. The number of rotatable bonds is 2. The van der Waals surface area contributed by atoms with Gasteiger partial charge in [0.05, 0.1) is 12.5 Å². The van der Waals surface area contributed by atoms with Crippen molar-refractivity contribution < 1.29 is 4.42 Å². The van der Waals surface area contributed by atoms with E-state index in [-0.39, 0.29) is 0 Å². The highest BCUT2D eigenvalue weighted by atomic mass is 35.5. The molecule has 0 saturated heterocycles. The van der Waals surface area contributed by atoms with E-state index in [1.165, 1.54) is 0 Å². The number of hydrogen-bond acceptors (Lipinski definition) is 2. The maximum atomic E-state index is 5.92. The van der Waals surface area contributed by atoms with E-state index in [9.17, 15) is 0 Å². The van der Waals surface area contributed by atoms with Crippen LogP contribution in [0.2, 0.25) is 5.15 Å². The first kappa shape index (κ1) is 8.38. The molecule has 2 aromatic rings. The van der Waals surface area contributed by atoms with Crippen molar-refractivity contribution in [3.8, 4) is 11.6 Å². The van der Waals surface area contributed by atoms with E-state index < -0.39 is 0 Å². The van der Waals surface area contributed by atoms with Gasteiger partial charge < -0.3 is 8.98 Å². The molecule has 2 rings (SSSR count). The molecule has 0 aliphatic rings. The van der Waals surface area contributed by atoms with Gasteiger partial charge in [-0.3, -0.25) is 0 Å². The predicted octanol–water partition coefficient (Wildman–Crippen LogP) is 2.82. The van der Waals surface area contributed by atoms with E-state index in [2.05, 4.69) is 4.98 Å². The minimum Gasteiger partial charge on any atom is -0.461 e. The zero-order valence-corrected chi connectivity index (χ0v) is 7.95. The lowest BCUT2D eigenvalue weighted by atomic mass is 10.4. The van der Waals surface area contributed by atoms with Gasteiger partial charge in [-0.15, -0.1) is 0 Å². The van der Waals surface area contributed by atoms with Crippen LogP contribution in [-0.2, 0) is 6.54 Å². The number of hydrogen-bond donors (Lipinski definition) is 0. The summed E-state index contributed by atoms with van der Waals surface area (Å²) in [6.07, 6.45) is 3.25. The van der Waals surface area contributed by atoms with Gasteiger partial charge in [-0.1, -0.05) is 11.6 Å². The quantitative estimate of drug-likeness (QED) is 0.740. The lowest BCUT2D eigenvalue weighted by Crippen LogP contribution is -1.96. The average Bonchev–Trinajstić information content (AvgIpc) is 2.71. The molecule has 0 saturated carbocycles. The van der Waals surface area contributed by atoms with Crippen LogP contribution in [0.1, 0.15) is 6.92 Å². The fraction of sp³-hybridized carbons (Fsp3) is 0.222. The topological polar surface area (TPSA) is 31.0 Å². The molecular weight excluding hydrogens is 188 g/mol. The summed E-state index contributed by atoms with van der Waals surface area (Å²) in [5.41, 5.74) is 0. The van der Waals surface area contributed by atoms with Crippen LogP contribution in [0, 0.1) is 0 Å². The third-order valence-corrected chi connectivity index (χ3v) is 2.17. The molecule has 0 aromatic carbocycles. The first-order valence-corrected chi connectivity index (χ1v) is 4.45. The van der Waals surface area contributed by atoms with Crippen molar-refractivity contribution in [1.29, 1.82) is 0 Å². The van der Waals surface area contributed by atoms with Gasteiger partial charge in [0.15, 0.2) is 11.6 Å². The molecule has 0 aliphatic heterocycles. The summed E-state index contributed by atoms with van der Waals surface area (Å²) >= 11 is 5.92. The minimum absolute atomic E-state index is 0.633. The maximum absolute atomic E-state index is 5.92. The fourth-order valence-corrected chi connectivity index (χ4v) is 1.51. The summed E-state index contributed by atoms with van der Waals surface area (Å²) in [6.45, 7) is 2.80. The van der Waals surface area contributed by atoms with E-state index in [0.717, 1.165) is 18.1 Å². The summed E-state index contributed by atoms with van der Waals surface area (Å²) < 4.78 is 7.12. The third kappa shape index (κ3) is 1.35. The van der Waals surface area contributed by atoms with Crippen molar-refractivity contribution in [3.63, 3.8) is 0 Å². The van der Waals surface area contributed by atoms with Crippen molar-refractivity contribution in [2.45, 2.75) is 13.5 Å². The predicted molar refractivity (Wildman–Crippen MR) is 50.6 cm³/mol. The molecule has 0 N–H and O–H groups in total. The minimum atomic E-state index is 0.633. The highest BCUT2D eigenvalue weighted by Crippen LogP contribution is 2.22. The second kappa shape index (κ2) is 3.26. The molecule has 0 fully saturated rings. The SMILES string of the molecule is CCn1c(Cl)cnc1-c1ccco1. The second-order valence-corrected chi connectivity index (χ2v) is 3.01. The van der Waals surface area contributed by atoms with Crippen molar-refractivity contribution in [1.82, 2.24) is 9.55 Å². The van der Waals surface area contributed by atoms with E-state index in [4.69, 9.17) is 16.0 Å². The van der Waals surface area contributed by atoms with Crippen molar-refractivity contribution in [2.24, 2.45) is 0 Å². The number of halogens is 1. The van der Waals surface area contributed by atoms with Gasteiger partial charge in [-0.2, -0.15) is 0 Å². The van der Waals surface area contributed by atoms with Gasteiger partial charge in [-0.05, 0) is 19.1 Å². The van der Waals surface area contributed by atoms with Crippen LogP contribution in [0.25, 0.3) is 11.6 Å². The number of imidazole rings is 1. The van der Waals surface area contributed by atoms with Crippen molar-refractivity contribution >= 4 is 11.6 Å². The lowest BCUT2D eigenvalue weighted by molar-refractivity contribution is 0.570. The lowest BCUT2D eigenvalue weighted by Gasteiger charge is -2.02. The standard InChI is InChI=1S/C9H9ClN2O/c1-2-12-8(10)6-11-9(12)7-4-3-5-13-7/h3-6H,2H2,1H3. The summed E-state index contributed by atoms with van der Waals surface area (Å²) in [5, 5.41) is 0.633. The van der Waals surface area contributed by atoms with Crippen LogP contribution in [0.15, 0.2) is 29.0 Å². The van der Waals surface area contributed by atoms with Gasteiger partial charge in [0, 0.05) is 6.54 Å². The summed E-state index contributed by atoms with van der Waals surface area (Å²) in [5.74, 6) is 1.52. The molecule has 13 heavy (non-hydrogen) atoms. The smallest absolute Gasteiger partial charge is 0.177 e. The van der Waals surface area contributed by atoms with Crippen molar-refractivity contribution in [3.05, 3.63) is 29.7 Å². The van der Waals surface area contributed by atoms with Gasteiger partial charge >= 0.3 is 0 Å². The van der Waals surface area contributed by atoms with Crippen LogP contribution in [0.3, 0.4) is 0 Å². The van der Waals surface area contributed by atoms with E-state index in [0.29, 0.717) is 5.15 Å². The van der Waals surface area contributed by atoms with Gasteiger partial charge in [-0.25, -0.2) is 4.98 Å². The summed E-state index contributed by atoms with van der Waals surface area (Å²) in [4.78, 5) is 4.17. The zero-order valence-electron chi connectivity index (χ0n) is 7.20. The van der Waals surface area contributed by atoms with Crippen LogP contribution < -0.4 is 0 Å². The Labute approximate surface area is 81.0 Å². The molecule has 2 heterocycles. The Morgan fingerprint density at radius 1 is 1.62 bits per heavy atom. The van der Waals surface area contributed by atoms with Gasteiger partial charge in [0.2, 0.25) is 0 Å². The number of furan rings is 1.